The number of hydrogen-bond acceptors (Lipinski definition) is 4. The zero-order valence-electron chi connectivity index (χ0n) is 16.3. The number of Topliss-reactive ketones (excluding diaryl/α,β-unsaturated/α-hetero) is 1. The van der Waals surface area contributed by atoms with Crippen molar-refractivity contribution in [3.8, 4) is 0 Å². The number of rotatable bonds is 3. The Morgan fingerprint density at radius 2 is 1.67 bits per heavy atom. The first kappa shape index (κ1) is 20.3. The number of fused-ring (bicyclic) bond motifs is 1. The second-order valence-electron chi connectivity index (χ2n) is 7.67. The Morgan fingerprint density at radius 3 is 2.37 bits per heavy atom. The summed E-state index contributed by atoms with van der Waals surface area (Å²) >= 11 is 6.12. The van der Waals surface area contributed by atoms with Gasteiger partial charge in [0, 0.05) is 16.5 Å². The molecule has 154 valence electrons. The van der Waals surface area contributed by atoms with E-state index in [1.807, 2.05) is 0 Å². The van der Waals surface area contributed by atoms with Crippen LogP contribution in [0.5, 0.6) is 0 Å². The molecule has 2 aromatic carbocycles. The van der Waals surface area contributed by atoms with E-state index < -0.39 is 23.8 Å². The third-order valence-electron chi connectivity index (χ3n) is 5.76. The predicted molar refractivity (Wildman–Crippen MR) is 113 cm³/mol. The second kappa shape index (κ2) is 8.40. The zero-order valence-corrected chi connectivity index (χ0v) is 17.0. The molecule has 4 amide bonds. The Bertz CT molecular complexity index is 1020. The minimum atomic E-state index is -1.07. The summed E-state index contributed by atoms with van der Waals surface area (Å²) in [6, 6.07) is 12.0. The predicted octanol–water partition coefficient (Wildman–Crippen LogP) is 4.47. The topological polar surface area (TPSA) is 83.6 Å². The van der Waals surface area contributed by atoms with Gasteiger partial charge in [-0.15, -0.1) is 0 Å². The van der Waals surface area contributed by atoms with Crippen LogP contribution in [-0.4, -0.2) is 23.6 Å². The lowest BCUT2D eigenvalue weighted by molar-refractivity contribution is -0.131. The fourth-order valence-electron chi connectivity index (χ4n) is 4.26. The average molecular weight is 425 g/mol. The number of carbonyl (C=O) groups is 4. The van der Waals surface area contributed by atoms with Crippen molar-refractivity contribution in [1.82, 2.24) is 5.32 Å². The van der Waals surface area contributed by atoms with Gasteiger partial charge in [-0.05, 0) is 48.7 Å². The fraction of sp³-hybridized carbons (Fsp3) is 0.304. The number of urea groups is 1. The van der Waals surface area contributed by atoms with Gasteiger partial charge in [0.1, 0.15) is 5.92 Å². The highest BCUT2D eigenvalue weighted by molar-refractivity contribution is 6.33. The molecule has 1 N–H and O–H groups in total. The van der Waals surface area contributed by atoms with Gasteiger partial charge >= 0.3 is 6.03 Å². The molecule has 0 aromatic heterocycles. The largest absolute Gasteiger partial charge is 0.335 e. The molecule has 0 spiro atoms. The molecule has 7 heteroatoms. The van der Waals surface area contributed by atoms with Crippen LogP contribution in [0.4, 0.5) is 10.5 Å². The van der Waals surface area contributed by atoms with E-state index in [1.165, 1.54) is 6.07 Å². The first-order valence-corrected chi connectivity index (χ1v) is 10.4. The van der Waals surface area contributed by atoms with Crippen molar-refractivity contribution in [2.45, 2.75) is 38.0 Å². The number of carbonyl (C=O) groups excluding carboxylic acids is 4. The second-order valence-corrected chi connectivity index (χ2v) is 8.11. The van der Waals surface area contributed by atoms with Crippen LogP contribution in [0.25, 0.3) is 0 Å². The maximum absolute atomic E-state index is 13.2. The SMILES string of the molecule is O=C(NC(=O)N1C(=O)C(C(=O)C2CCCCC2)c2cc(Cl)ccc21)c1ccccc1. The maximum Gasteiger partial charge on any atom is 0.335 e. The van der Waals surface area contributed by atoms with Gasteiger partial charge in [-0.2, -0.15) is 0 Å². The highest BCUT2D eigenvalue weighted by Crippen LogP contribution is 2.42. The van der Waals surface area contributed by atoms with Crippen molar-refractivity contribution in [2.75, 3.05) is 4.90 Å². The summed E-state index contributed by atoms with van der Waals surface area (Å²) in [6.07, 6.45) is 4.49. The van der Waals surface area contributed by atoms with Gasteiger partial charge in [-0.25, -0.2) is 9.69 Å². The number of halogens is 1. The summed E-state index contributed by atoms with van der Waals surface area (Å²) in [4.78, 5) is 52.6. The number of amides is 4. The Labute approximate surface area is 179 Å². The average Bonchev–Trinajstić information content (AvgIpc) is 3.05. The number of imide groups is 2. The van der Waals surface area contributed by atoms with Crippen LogP contribution < -0.4 is 10.2 Å². The molecule has 30 heavy (non-hydrogen) atoms. The first-order valence-electron chi connectivity index (χ1n) is 10.0. The molecule has 1 atom stereocenters. The van der Waals surface area contributed by atoms with E-state index in [0.717, 1.165) is 37.0 Å². The van der Waals surface area contributed by atoms with Gasteiger partial charge in [0.2, 0.25) is 5.91 Å². The monoisotopic (exact) mass is 424 g/mol. The maximum atomic E-state index is 13.2. The molecular weight excluding hydrogens is 404 g/mol. The van der Waals surface area contributed by atoms with Crippen LogP contribution in [-0.2, 0) is 9.59 Å². The van der Waals surface area contributed by atoms with Gasteiger partial charge in [0.15, 0.2) is 5.78 Å². The van der Waals surface area contributed by atoms with Crippen LogP contribution in [0.3, 0.4) is 0 Å². The molecular formula is C23H21ClN2O4. The van der Waals surface area contributed by atoms with Crippen molar-refractivity contribution < 1.29 is 19.2 Å². The molecule has 1 unspecified atom stereocenters. The van der Waals surface area contributed by atoms with Gasteiger partial charge in [0.05, 0.1) is 5.69 Å². The molecule has 6 nitrogen and oxygen atoms in total. The van der Waals surface area contributed by atoms with Gasteiger partial charge in [-0.1, -0.05) is 49.1 Å². The third-order valence-corrected chi connectivity index (χ3v) is 6.00. The summed E-state index contributed by atoms with van der Waals surface area (Å²) in [5.74, 6) is -2.70. The zero-order chi connectivity index (χ0) is 21.3. The van der Waals surface area contributed by atoms with Gasteiger partial charge < -0.3 is 0 Å². The number of nitrogens with zero attached hydrogens (tertiary/aromatic N) is 1. The summed E-state index contributed by atoms with van der Waals surface area (Å²) < 4.78 is 0. The van der Waals surface area contributed by atoms with E-state index in [2.05, 4.69) is 5.32 Å². The number of ketones is 1. The molecule has 1 fully saturated rings. The fourth-order valence-corrected chi connectivity index (χ4v) is 4.44. The molecule has 2 aromatic rings. The molecule has 0 saturated heterocycles. The number of nitrogens with one attached hydrogen (secondary N) is 1. The Morgan fingerprint density at radius 1 is 0.967 bits per heavy atom. The van der Waals surface area contributed by atoms with Crippen molar-refractivity contribution >= 4 is 40.9 Å². The van der Waals surface area contributed by atoms with E-state index >= 15 is 0 Å². The smallest absolute Gasteiger partial charge is 0.298 e. The third kappa shape index (κ3) is 3.75. The normalized spacial score (nSPS) is 18.8. The van der Waals surface area contributed by atoms with Crippen molar-refractivity contribution in [2.24, 2.45) is 5.92 Å². The first-order chi connectivity index (χ1) is 14.5. The van der Waals surface area contributed by atoms with Gasteiger partial charge in [-0.3, -0.25) is 19.7 Å². The molecule has 2 aliphatic rings. The molecule has 1 aliphatic carbocycles. The molecule has 1 saturated carbocycles. The Balaban J connectivity index is 1.63. The van der Waals surface area contributed by atoms with Crippen LogP contribution in [0.2, 0.25) is 5.02 Å². The van der Waals surface area contributed by atoms with E-state index in [9.17, 15) is 19.2 Å². The standard InChI is InChI=1S/C23H21ClN2O4/c24-16-11-12-18-17(13-16)19(20(27)14-7-3-1-4-8-14)22(29)26(18)23(30)25-21(28)15-9-5-2-6-10-15/h2,5-6,9-14,19H,1,3-4,7-8H2,(H,25,28,30). The van der Waals surface area contributed by atoms with Crippen molar-refractivity contribution in [1.29, 1.82) is 0 Å². The lowest BCUT2D eigenvalue weighted by atomic mass is 9.80. The summed E-state index contributed by atoms with van der Waals surface area (Å²) in [5.41, 5.74) is 1.01. The van der Waals surface area contributed by atoms with Crippen molar-refractivity contribution in [3.63, 3.8) is 0 Å². The Hall–Kier alpha value is -2.99. The van der Waals surface area contributed by atoms with Gasteiger partial charge in [0.25, 0.3) is 5.91 Å². The molecule has 0 radical (unpaired) electrons. The van der Waals surface area contributed by atoms with Crippen LogP contribution in [0.1, 0.15) is 53.9 Å². The van der Waals surface area contributed by atoms with E-state index in [0.29, 0.717) is 16.1 Å². The Kier molecular flexibility index (Phi) is 5.68. The minimum Gasteiger partial charge on any atom is -0.298 e. The molecule has 0 bridgehead atoms. The van der Waals surface area contributed by atoms with E-state index in [4.69, 9.17) is 11.6 Å². The van der Waals surface area contributed by atoms with Crippen LogP contribution >= 0.6 is 11.6 Å². The molecule has 4 rings (SSSR count). The highest BCUT2D eigenvalue weighted by atomic mass is 35.5. The van der Waals surface area contributed by atoms with Crippen LogP contribution in [0, 0.1) is 5.92 Å². The number of hydrogen-bond donors (Lipinski definition) is 1. The summed E-state index contributed by atoms with van der Waals surface area (Å²) in [7, 11) is 0. The number of benzene rings is 2. The number of anilines is 1. The quantitative estimate of drug-likeness (QED) is 0.737. The summed E-state index contributed by atoms with van der Waals surface area (Å²) in [5, 5.41) is 2.63. The van der Waals surface area contributed by atoms with Crippen molar-refractivity contribution in [3.05, 3.63) is 64.7 Å². The van der Waals surface area contributed by atoms with Crippen LogP contribution in [0.15, 0.2) is 48.5 Å². The minimum absolute atomic E-state index is 0.173. The highest BCUT2D eigenvalue weighted by Gasteiger charge is 2.46. The lowest BCUT2D eigenvalue weighted by Gasteiger charge is -2.23. The molecule has 1 heterocycles. The van der Waals surface area contributed by atoms with E-state index in [1.54, 1.807) is 42.5 Å². The molecule has 1 aliphatic heterocycles. The summed E-state index contributed by atoms with van der Waals surface area (Å²) in [6.45, 7) is 0. The lowest BCUT2D eigenvalue weighted by Crippen LogP contribution is -2.46. The van der Waals surface area contributed by atoms with E-state index in [-0.39, 0.29) is 17.4 Å².